The number of benzene rings is 2. The fourth-order valence-electron chi connectivity index (χ4n) is 4.19. The Kier molecular flexibility index (Phi) is 8.76. The number of hydrogen-bond donors (Lipinski definition) is 1. The van der Waals surface area contributed by atoms with Crippen LogP contribution in [0.15, 0.2) is 53.0 Å². The number of amides is 2. The Balaban J connectivity index is 1.90. The van der Waals surface area contributed by atoms with Crippen LogP contribution in [0.1, 0.15) is 43.7 Å². The van der Waals surface area contributed by atoms with E-state index in [1.165, 1.54) is 4.90 Å². The quantitative estimate of drug-likeness (QED) is 0.512. The predicted octanol–water partition coefficient (Wildman–Crippen LogP) is 4.00. The van der Waals surface area contributed by atoms with E-state index in [0.717, 1.165) is 47.4 Å². The Morgan fingerprint density at radius 1 is 1.09 bits per heavy atom. The number of para-hydroxylation sites is 1. The fourth-order valence-corrected chi connectivity index (χ4v) is 5.67. The molecule has 0 aliphatic heterocycles. The summed E-state index contributed by atoms with van der Waals surface area (Å²) in [5, 5.41) is 3.07. The Morgan fingerprint density at radius 2 is 1.71 bits per heavy atom. The van der Waals surface area contributed by atoms with Crippen molar-refractivity contribution in [3.63, 3.8) is 0 Å². The van der Waals surface area contributed by atoms with Crippen LogP contribution in [0.2, 0.25) is 0 Å². The molecule has 0 bridgehead atoms. The van der Waals surface area contributed by atoms with Crippen molar-refractivity contribution in [3.05, 3.63) is 64.1 Å². The first-order valence-corrected chi connectivity index (χ1v) is 14.1. The number of nitrogens with one attached hydrogen (secondary N) is 1. The largest absolute Gasteiger partial charge is 0.352 e. The highest BCUT2D eigenvalue weighted by atomic mass is 79.9. The molecule has 34 heavy (non-hydrogen) atoms. The molecule has 1 aliphatic rings. The first-order chi connectivity index (χ1) is 16.1. The number of anilines is 1. The van der Waals surface area contributed by atoms with E-state index in [0.29, 0.717) is 10.2 Å². The van der Waals surface area contributed by atoms with Crippen LogP contribution in [-0.4, -0.2) is 50.0 Å². The second-order valence-electron chi connectivity index (χ2n) is 8.84. The van der Waals surface area contributed by atoms with Crippen LogP contribution in [0, 0.1) is 6.92 Å². The Labute approximate surface area is 210 Å². The zero-order valence-corrected chi connectivity index (χ0v) is 22.2. The van der Waals surface area contributed by atoms with E-state index in [4.69, 9.17) is 0 Å². The average molecular weight is 551 g/mol. The van der Waals surface area contributed by atoms with Gasteiger partial charge < -0.3 is 10.2 Å². The summed E-state index contributed by atoms with van der Waals surface area (Å²) in [4.78, 5) is 28.2. The lowest BCUT2D eigenvalue weighted by molar-refractivity contribution is -0.139. The van der Waals surface area contributed by atoms with E-state index in [1.54, 1.807) is 31.2 Å². The molecule has 1 fully saturated rings. The monoisotopic (exact) mass is 549 g/mol. The standard InChI is InChI=1S/C25H32BrN3O4S/c1-18-10-4-5-11-20(18)16-28(19(2)25(31)27-21-12-6-7-13-21)24(30)17-29(34(3,32)33)23-15-9-8-14-22(23)26/h4-5,8-11,14-15,19,21H,6-7,12-13,16-17H2,1-3H3,(H,27,31)/t19-/m0/s1. The van der Waals surface area contributed by atoms with Crippen LogP contribution >= 0.6 is 15.9 Å². The zero-order chi connectivity index (χ0) is 24.9. The zero-order valence-electron chi connectivity index (χ0n) is 19.8. The van der Waals surface area contributed by atoms with Gasteiger partial charge in [-0.1, -0.05) is 49.2 Å². The van der Waals surface area contributed by atoms with Gasteiger partial charge in [-0.05, 0) is 65.9 Å². The maximum Gasteiger partial charge on any atom is 0.244 e. The Morgan fingerprint density at radius 3 is 2.32 bits per heavy atom. The maximum atomic E-state index is 13.6. The highest BCUT2D eigenvalue weighted by molar-refractivity contribution is 9.10. The number of hydrogen-bond acceptors (Lipinski definition) is 4. The number of aryl methyl sites for hydroxylation is 1. The van der Waals surface area contributed by atoms with Gasteiger partial charge in [-0.25, -0.2) is 8.42 Å². The number of rotatable bonds is 9. The van der Waals surface area contributed by atoms with Crippen LogP contribution in [0.3, 0.4) is 0 Å². The molecular weight excluding hydrogens is 518 g/mol. The maximum absolute atomic E-state index is 13.6. The molecule has 0 radical (unpaired) electrons. The summed E-state index contributed by atoms with van der Waals surface area (Å²) in [6, 6.07) is 13.9. The lowest BCUT2D eigenvalue weighted by Crippen LogP contribution is -2.52. The van der Waals surface area contributed by atoms with Crippen LogP contribution < -0.4 is 9.62 Å². The van der Waals surface area contributed by atoms with Crippen LogP contribution in [0.25, 0.3) is 0 Å². The number of carbonyl (C=O) groups is 2. The van der Waals surface area contributed by atoms with Gasteiger partial charge in [0.2, 0.25) is 21.8 Å². The molecule has 3 rings (SSSR count). The van der Waals surface area contributed by atoms with Gasteiger partial charge in [-0.15, -0.1) is 0 Å². The summed E-state index contributed by atoms with van der Waals surface area (Å²) in [5.74, 6) is -0.667. The number of sulfonamides is 1. The van der Waals surface area contributed by atoms with Gasteiger partial charge in [0, 0.05) is 17.1 Å². The normalized spacial score (nSPS) is 15.1. The molecule has 9 heteroatoms. The van der Waals surface area contributed by atoms with Crippen molar-refractivity contribution in [3.8, 4) is 0 Å². The summed E-state index contributed by atoms with van der Waals surface area (Å²) in [7, 11) is -3.76. The summed E-state index contributed by atoms with van der Waals surface area (Å²) in [6.07, 6.45) is 5.12. The summed E-state index contributed by atoms with van der Waals surface area (Å²) >= 11 is 3.39. The molecule has 1 aliphatic carbocycles. The van der Waals surface area contributed by atoms with Crippen LogP contribution in [0.5, 0.6) is 0 Å². The third kappa shape index (κ3) is 6.60. The second kappa shape index (κ2) is 11.4. The number of halogens is 1. The molecule has 2 amide bonds. The summed E-state index contributed by atoms with van der Waals surface area (Å²) in [5.41, 5.74) is 2.27. The van der Waals surface area contributed by atoms with Crippen molar-refractivity contribution >= 4 is 43.5 Å². The van der Waals surface area contributed by atoms with Gasteiger partial charge in [-0.2, -0.15) is 0 Å². The minimum absolute atomic E-state index is 0.123. The molecule has 0 unspecified atom stereocenters. The molecule has 1 saturated carbocycles. The van der Waals surface area contributed by atoms with Crippen molar-refractivity contribution < 1.29 is 18.0 Å². The van der Waals surface area contributed by atoms with E-state index < -0.39 is 28.5 Å². The Hall–Kier alpha value is -2.39. The van der Waals surface area contributed by atoms with E-state index in [2.05, 4.69) is 21.2 Å². The first-order valence-electron chi connectivity index (χ1n) is 11.4. The smallest absolute Gasteiger partial charge is 0.244 e. The molecule has 2 aromatic carbocycles. The average Bonchev–Trinajstić information content (AvgIpc) is 3.29. The summed E-state index contributed by atoms with van der Waals surface area (Å²) < 4.78 is 26.9. The highest BCUT2D eigenvalue weighted by Crippen LogP contribution is 2.28. The topological polar surface area (TPSA) is 86.8 Å². The molecule has 1 N–H and O–H groups in total. The van der Waals surface area contributed by atoms with Crippen molar-refractivity contribution in [2.45, 2.75) is 58.2 Å². The number of nitrogens with zero attached hydrogens (tertiary/aromatic N) is 2. The first kappa shape index (κ1) is 26.2. The SMILES string of the molecule is Cc1ccccc1CN(C(=O)CN(c1ccccc1Br)S(C)(=O)=O)[C@@H](C)C(=O)NC1CCCC1. The molecule has 2 aromatic rings. The van der Waals surface area contributed by atoms with Gasteiger partial charge in [0.15, 0.2) is 0 Å². The number of carbonyl (C=O) groups excluding carboxylic acids is 2. The predicted molar refractivity (Wildman–Crippen MR) is 138 cm³/mol. The minimum atomic E-state index is -3.76. The van der Waals surface area contributed by atoms with E-state index >= 15 is 0 Å². The van der Waals surface area contributed by atoms with E-state index in [1.807, 2.05) is 31.2 Å². The molecule has 0 saturated heterocycles. The fraction of sp³-hybridized carbons (Fsp3) is 0.440. The molecule has 7 nitrogen and oxygen atoms in total. The van der Waals surface area contributed by atoms with E-state index in [9.17, 15) is 18.0 Å². The molecule has 0 aromatic heterocycles. The van der Waals surface area contributed by atoms with Gasteiger partial charge in [-0.3, -0.25) is 13.9 Å². The van der Waals surface area contributed by atoms with Crippen molar-refractivity contribution in [1.82, 2.24) is 10.2 Å². The van der Waals surface area contributed by atoms with Crippen molar-refractivity contribution in [2.24, 2.45) is 0 Å². The van der Waals surface area contributed by atoms with Gasteiger partial charge in [0.25, 0.3) is 0 Å². The van der Waals surface area contributed by atoms with Gasteiger partial charge in [0.1, 0.15) is 12.6 Å². The molecule has 0 heterocycles. The third-order valence-corrected chi connectivity index (χ3v) is 8.07. The lowest BCUT2D eigenvalue weighted by Gasteiger charge is -2.32. The molecule has 1 atom stereocenters. The lowest BCUT2D eigenvalue weighted by atomic mass is 10.1. The van der Waals surface area contributed by atoms with E-state index in [-0.39, 0.29) is 18.5 Å². The highest BCUT2D eigenvalue weighted by Gasteiger charge is 2.32. The third-order valence-electron chi connectivity index (χ3n) is 6.27. The van der Waals surface area contributed by atoms with Crippen molar-refractivity contribution in [1.29, 1.82) is 0 Å². The molecule has 0 spiro atoms. The van der Waals surface area contributed by atoms with Crippen LogP contribution in [0.4, 0.5) is 5.69 Å². The summed E-state index contributed by atoms with van der Waals surface area (Å²) in [6.45, 7) is 3.45. The molecular formula is C25H32BrN3O4S. The Bertz CT molecular complexity index is 1130. The molecule has 184 valence electrons. The van der Waals surface area contributed by atoms with Crippen molar-refractivity contribution in [2.75, 3.05) is 17.1 Å². The van der Waals surface area contributed by atoms with Gasteiger partial charge in [0.05, 0.1) is 11.9 Å². The second-order valence-corrected chi connectivity index (χ2v) is 11.6. The minimum Gasteiger partial charge on any atom is -0.352 e. The van der Waals surface area contributed by atoms with Gasteiger partial charge >= 0.3 is 0 Å². The van der Waals surface area contributed by atoms with Crippen LogP contribution in [-0.2, 0) is 26.2 Å².